The Kier molecular flexibility index (Phi) is 6.98. The highest BCUT2D eigenvalue weighted by atomic mass is 35.5. The highest BCUT2D eigenvalue weighted by Gasteiger charge is 2.15. The van der Waals surface area contributed by atoms with E-state index in [4.69, 9.17) is 27.9 Å². The number of amides is 2. The van der Waals surface area contributed by atoms with Gasteiger partial charge in [0.15, 0.2) is 6.10 Å². The van der Waals surface area contributed by atoms with Crippen LogP contribution in [0, 0.1) is 6.92 Å². The minimum absolute atomic E-state index is 0.263. The van der Waals surface area contributed by atoms with E-state index in [1.807, 2.05) is 6.92 Å². The second kappa shape index (κ2) is 9.65. The monoisotopic (exact) mass is 442 g/mol. The van der Waals surface area contributed by atoms with Crippen molar-refractivity contribution in [2.45, 2.75) is 20.0 Å². The summed E-state index contributed by atoms with van der Waals surface area (Å²) in [7, 11) is 0. The minimum Gasteiger partial charge on any atom is -0.481 e. The summed E-state index contributed by atoms with van der Waals surface area (Å²) in [4.78, 5) is 24.8. The van der Waals surface area contributed by atoms with Gasteiger partial charge in [-0.1, -0.05) is 29.3 Å². The predicted molar refractivity (Wildman–Crippen MR) is 121 cm³/mol. The zero-order valence-corrected chi connectivity index (χ0v) is 17.9. The molecule has 30 heavy (non-hydrogen) atoms. The van der Waals surface area contributed by atoms with Gasteiger partial charge in [-0.3, -0.25) is 9.59 Å². The van der Waals surface area contributed by atoms with Crippen LogP contribution in [0.25, 0.3) is 0 Å². The average molecular weight is 443 g/mol. The lowest BCUT2D eigenvalue weighted by molar-refractivity contribution is -0.122. The van der Waals surface area contributed by atoms with Crippen LogP contribution in [-0.2, 0) is 4.79 Å². The quantitative estimate of drug-likeness (QED) is 0.494. The van der Waals surface area contributed by atoms with Crippen LogP contribution >= 0.6 is 23.2 Å². The Labute approximate surface area is 185 Å². The lowest BCUT2D eigenvalue weighted by Crippen LogP contribution is -2.30. The number of ether oxygens (including phenoxy) is 1. The van der Waals surface area contributed by atoms with E-state index in [1.165, 1.54) is 0 Å². The largest absolute Gasteiger partial charge is 0.481 e. The molecule has 7 heteroatoms. The Morgan fingerprint density at radius 1 is 0.900 bits per heavy atom. The van der Waals surface area contributed by atoms with Gasteiger partial charge in [0.2, 0.25) is 0 Å². The molecule has 3 aromatic carbocycles. The first-order valence-corrected chi connectivity index (χ1v) is 9.98. The Morgan fingerprint density at radius 2 is 1.57 bits per heavy atom. The minimum atomic E-state index is -0.727. The molecule has 0 aromatic heterocycles. The van der Waals surface area contributed by atoms with Crippen LogP contribution in [0.15, 0.2) is 66.7 Å². The Balaban J connectivity index is 1.59. The average Bonchev–Trinajstić information content (AvgIpc) is 2.73. The van der Waals surface area contributed by atoms with Crippen molar-refractivity contribution in [2.75, 3.05) is 10.6 Å². The first kappa shape index (κ1) is 21.7. The predicted octanol–water partition coefficient (Wildman–Crippen LogP) is 5.96. The van der Waals surface area contributed by atoms with Crippen LogP contribution in [0.5, 0.6) is 5.75 Å². The zero-order chi connectivity index (χ0) is 21.7. The van der Waals surface area contributed by atoms with Crippen LogP contribution in [0.1, 0.15) is 22.8 Å². The smallest absolute Gasteiger partial charge is 0.265 e. The summed E-state index contributed by atoms with van der Waals surface area (Å²) in [5.74, 6) is -0.0831. The molecule has 1 atom stereocenters. The van der Waals surface area contributed by atoms with E-state index in [1.54, 1.807) is 73.7 Å². The van der Waals surface area contributed by atoms with Crippen LogP contribution in [-0.4, -0.2) is 17.9 Å². The van der Waals surface area contributed by atoms with Crippen molar-refractivity contribution in [1.29, 1.82) is 0 Å². The number of nitrogens with one attached hydrogen (secondary N) is 2. The second-order valence-corrected chi connectivity index (χ2v) is 7.49. The van der Waals surface area contributed by atoms with Crippen molar-refractivity contribution in [3.63, 3.8) is 0 Å². The van der Waals surface area contributed by atoms with Crippen molar-refractivity contribution in [3.05, 3.63) is 87.9 Å². The lowest BCUT2D eigenvalue weighted by atomic mass is 10.1. The summed E-state index contributed by atoms with van der Waals surface area (Å²) in [6.45, 7) is 3.49. The van der Waals surface area contributed by atoms with Gasteiger partial charge in [-0.25, -0.2) is 0 Å². The molecule has 5 nitrogen and oxygen atoms in total. The second-order valence-electron chi connectivity index (χ2n) is 6.65. The third kappa shape index (κ3) is 5.53. The molecule has 0 fully saturated rings. The standard InChI is InChI=1S/C23H20Cl2N2O3/c1-14-20(25)4-3-5-21(14)27-23(29)16-6-12-19(13-7-16)30-15(2)22(28)26-18-10-8-17(24)9-11-18/h3-13,15H,1-2H3,(H,26,28)(H,27,29)/t15-/m0/s1. The molecule has 0 saturated carbocycles. The summed E-state index contributed by atoms with van der Waals surface area (Å²) < 4.78 is 5.67. The Morgan fingerprint density at radius 3 is 2.23 bits per heavy atom. The molecule has 0 spiro atoms. The zero-order valence-electron chi connectivity index (χ0n) is 16.4. The van der Waals surface area contributed by atoms with Crippen molar-refractivity contribution < 1.29 is 14.3 Å². The van der Waals surface area contributed by atoms with Gasteiger partial charge in [-0.15, -0.1) is 0 Å². The van der Waals surface area contributed by atoms with Gasteiger partial charge in [0, 0.05) is 27.0 Å². The summed E-state index contributed by atoms with van der Waals surface area (Å²) in [5, 5.41) is 6.77. The first-order valence-electron chi connectivity index (χ1n) is 9.23. The van der Waals surface area contributed by atoms with Gasteiger partial charge in [-0.2, -0.15) is 0 Å². The molecular formula is C23H20Cl2N2O3. The molecule has 0 aliphatic carbocycles. The number of halogens is 2. The van der Waals surface area contributed by atoms with Crippen molar-refractivity contribution in [2.24, 2.45) is 0 Å². The van der Waals surface area contributed by atoms with E-state index < -0.39 is 6.10 Å². The number of carbonyl (C=O) groups is 2. The first-order chi connectivity index (χ1) is 14.3. The molecule has 154 valence electrons. The molecular weight excluding hydrogens is 423 g/mol. The number of anilines is 2. The van der Waals surface area contributed by atoms with Crippen LogP contribution < -0.4 is 15.4 Å². The highest BCUT2D eigenvalue weighted by molar-refractivity contribution is 6.32. The number of benzene rings is 3. The van der Waals surface area contributed by atoms with Gasteiger partial charge in [0.1, 0.15) is 5.75 Å². The number of hydrogen-bond donors (Lipinski definition) is 2. The van der Waals surface area contributed by atoms with E-state index in [2.05, 4.69) is 10.6 Å². The molecule has 0 radical (unpaired) electrons. The molecule has 0 unspecified atom stereocenters. The fourth-order valence-electron chi connectivity index (χ4n) is 2.66. The number of hydrogen-bond acceptors (Lipinski definition) is 3. The molecule has 0 heterocycles. The molecule has 0 aliphatic heterocycles. The lowest BCUT2D eigenvalue weighted by Gasteiger charge is -2.15. The number of rotatable bonds is 6. The third-order valence-electron chi connectivity index (χ3n) is 4.43. The summed E-state index contributed by atoms with van der Waals surface area (Å²) in [6.07, 6.45) is -0.727. The molecule has 0 bridgehead atoms. The molecule has 0 saturated heterocycles. The summed E-state index contributed by atoms with van der Waals surface area (Å²) in [5.41, 5.74) is 2.54. The van der Waals surface area contributed by atoms with Crippen LogP contribution in [0.3, 0.4) is 0 Å². The molecule has 2 N–H and O–H groups in total. The maximum atomic E-state index is 12.5. The van der Waals surface area contributed by atoms with Gasteiger partial charge < -0.3 is 15.4 Å². The van der Waals surface area contributed by atoms with Crippen molar-refractivity contribution in [3.8, 4) is 5.75 Å². The van der Waals surface area contributed by atoms with Crippen molar-refractivity contribution in [1.82, 2.24) is 0 Å². The van der Waals surface area contributed by atoms with Crippen molar-refractivity contribution >= 4 is 46.4 Å². The molecule has 0 aliphatic rings. The highest BCUT2D eigenvalue weighted by Crippen LogP contribution is 2.24. The molecule has 3 rings (SSSR count). The van der Waals surface area contributed by atoms with Gasteiger partial charge in [0.25, 0.3) is 11.8 Å². The van der Waals surface area contributed by atoms with E-state index in [9.17, 15) is 9.59 Å². The van der Waals surface area contributed by atoms with Crippen LogP contribution in [0.4, 0.5) is 11.4 Å². The Hall–Kier alpha value is -3.02. The van der Waals surface area contributed by atoms with E-state index in [-0.39, 0.29) is 11.8 Å². The fourth-order valence-corrected chi connectivity index (χ4v) is 2.96. The SMILES string of the molecule is Cc1c(Cl)cccc1NC(=O)c1ccc(O[C@@H](C)C(=O)Nc2ccc(Cl)cc2)cc1. The molecule has 2 amide bonds. The van der Waals surface area contributed by atoms with E-state index >= 15 is 0 Å². The normalized spacial score (nSPS) is 11.5. The van der Waals surface area contributed by atoms with E-state index in [0.29, 0.717) is 32.7 Å². The van der Waals surface area contributed by atoms with Crippen LogP contribution in [0.2, 0.25) is 10.0 Å². The maximum Gasteiger partial charge on any atom is 0.265 e. The topological polar surface area (TPSA) is 67.4 Å². The van der Waals surface area contributed by atoms with E-state index in [0.717, 1.165) is 5.56 Å². The maximum absolute atomic E-state index is 12.5. The summed E-state index contributed by atoms with van der Waals surface area (Å²) >= 11 is 11.9. The summed E-state index contributed by atoms with van der Waals surface area (Å²) in [6, 6.07) is 18.7. The molecule has 3 aromatic rings. The van der Waals surface area contributed by atoms with Gasteiger partial charge in [-0.05, 0) is 80.1 Å². The fraction of sp³-hybridized carbons (Fsp3) is 0.130. The number of carbonyl (C=O) groups excluding carboxylic acids is 2. The Bertz CT molecular complexity index is 1050. The van der Waals surface area contributed by atoms with Gasteiger partial charge >= 0.3 is 0 Å². The van der Waals surface area contributed by atoms with Gasteiger partial charge in [0.05, 0.1) is 0 Å². The third-order valence-corrected chi connectivity index (χ3v) is 5.09.